The van der Waals surface area contributed by atoms with E-state index in [-0.39, 0.29) is 24.1 Å². The molecule has 0 spiro atoms. The van der Waals surface area contributed by atoms with Crippen LogP contribution in [0.15, 0.2) is 24.3 Å². The van der Waals surface area contributed by atoms with Crippen LogP contribution in [0.3, 0.4) is 0 Å². The minimum Gasteiger partial charge on any atom is -0.490 e. The second-order valence-electron chi connectivity index (χ2n) is 11.4. The summed E-state index contributed by atoms with van der Waals surface area (Å²) in [6, 6.07) is 5.43. The van der Waals surface area contributed by atoms with Crippen LogP contribution in [0.1, 0.15) is 61.6 Å². The highest BCUT2D eigenvalue weighted by Gasteiger charge is 2.37. The van der Waals surface area contributed by atoms with Gasteiger partial charge in [0.05, 0.1) is 29.6 Å². The van der Waals surface area contributed by atoms with Gasteiger partial charge < -0.3 is 25.6 Å². The second kappa shape index (κ2) is 11.6. The Bertz CT molecular complexity index is 1570. The minimum absolute atomic E-state index is 0.110. The van der Waals surface area contributed by atoms with Gasteiger partial charge in [-0.05, 0) is 100 Å². The van der Waals surface area contributed by atoms with Crippen LogP contribution in [0.5, 0.6) is 5.75 Å². The number of carbonyl (C=O) groups excluding carboxylic acids is 1. The number of carbonyl (C=O) groups is 2. The van der Waals surface area contributed by atoms with Crippen molar-refractivity contribution in [2.45, 2.75) is 66.7 Å². The highest BCUT2D eigenvalue weighted by Crippen LogP contribution is 2.53. The molecular formula is C32H37F2N3O5. The van der Waals surface area contributed by atoms with E-state index < -0.39 is 29.4 Å². The Balaban J connectivity index is 0.00000129. The lowest BCUT2D eigenvalue weighted by Gasteiger charge is -2.37. The van der Waals surface area contributed by atoms with Crippen LogP contribution in [-0.2, 0) is 16.1 Å². The van der Waals surface area contributed by atoms with E-state index in [2.05, 4.69) is 5.32 Å². The summed E-state index contributed by atoms with van der Waals surface area (Å²) in [4.78, 5) is 22.4. The van der Waals surface area contributed by atoms with E-state index in [0.29, 0.717) is 30.0 Å². The molecule has 0 saturated carbocycles. The molecule has 0 bridgehead atoms. The summed E-state index contributed by atoms with van der Waals surface area (Å²) in [6.07, 6.45) is -0.392. The van der Waals surface area contributed by atoms with Crippen molar-refractivity contribution in [3.05, 3.63) is 63.7 Å². The third-order valence-corrected chi connectivity index (χ3v) is 7.62. The summed E-state index contributed by atoms with van der Waals surface area (Å²) in [7, 11) is 0. The number of halogens is 2. The molecule has 4 N–H and O–H groups in total. The van der Waals surface area contributed by atoms with Crippen LogP contribution >= 0.6 is 0 Å². The molecule has 1 unspecified atom stereocenters. The van der Waals surface area contributed by atoms with Crippen LogP contribution in [0, 0.1) is 32.4 Å². The van der Waals surface area contributed by atoms with Gasteiger partial charge in [0.2, 0.25) is 0 Å². The molecule has 0 saturated heterocycles. The Morgan fingerprint density at radius 1 is 1.07 bits per heavy atom. The molecule has 2 heterocycles. The number of primary amides is 1. The molecule has 224 valence electrons. The first-order valence-electron chi connectivity index (χ1n) is 13.7. The van der Waals surface area contributed by atoms with Gasteiger partial charge in [0.25, 0.3) is 6.47 Å². The maximum atomic E-state index is 15.5. The molecule has 5 rings (SSSR count). The molecule has 0 aromatic heterocycles. The van der Waals surface area contributed by atoms with Crippen LogP contribution in [0.25, 0.3) is 22.3 Å². The number of anilines is 2. The molecule has 0 radical (unpaired) electrons. The molecule has 2 aliphatic rings. The van der Waals surface area contributed by atoms with Gasteiger partial charge in [-0.3, -0.25) is 9.69 Å². The SMILES string of the molecule is Cc1c(-c2c(C)c3c(c(C)c2C(C)OC(C)(C)C)N(C(N)=O)Cc2c(F)ccc(F)c2-3)ccc2c1NCCO2.O=CO. The number of hydrogen-bond acceptors (Lipinski definition) is 5. The lowest BCUT2D eigenvalue weighted by atomic mass is 9.78. The second-order valence-corrected chi connectivity index (χ2v) is 11.4. The minimum atomic E-state index is -0.734. The van der Waals surface area contributed by atoms with E-state index in [4.69, 9.17) is 25.1 Å². The Kier molecular flexibility index (Phi) is 8.50. The molecule has 2 amide bonds. The predicted octanol–water partition coefficient (Wildman–Crippen LogP) is 7.00. The van der Waals surface area contributed by atoms with Crippen molar-refractivity contribution in [1.82, 2.24) is 0 Å². The number of nitrogens with one attached hydrogen (secondary N) is 1. The topological polar surface area (TPSA) is 114 Å². The third kappa shape index (κ3) is 5.38. The fraction of sp³-hybridized carbons (Fsp3) is 0.375. The maximum absolute atomic E-state index is 15.5. The van der Waals surface area contributed by atoms with E-state index in [9.17, 15) is 4.79 Å². The third-order valence-electron chi connectivity index (χ3n) is 7.62. The van der Waals surface area contributed by atoms with Gasteiger partial charge in [-0.25, -0.2) is 13.6 Å². The molecule has 1 atom stereocenters. The zero-order valence-corrected chi connectivity index (χ0v) is 24.9. The van der Waals surface area contributed by atoms with Crippen molar-refractivity contribution in [2.75, 3.05) is 23.4 Å². The van der Waals surface area contributed by atoms with E-state index >= 15 is 8.78 Å². The van der Waals surface area contributed by atoms with Crippen molar-refractivity contribution in [1.29, 1.82) is 0 Å². The first kappa shape index (κ1) is 30.8. The summed E-state index contributed by atoms with van der Waals surface area (Å²) < 4.78 is 43.0. The summed E-state index contributed by atoms with van der Waals surface area (Å²) in [6.45, 7) is 14.6. The zero-order chi connectivity index (χ0) is 31.1. The highest BCUT2D eigenvalue weighted by atomic mass is 19.1. The lowest BCUT2D eigenvalue weighted by molar-refractivity contribution is -0.122. The first-order chi connectivity index (χ1) is 19.7. The van der Waals surface area contributed by atoms with Gasteiger partial charge >= 0.3 is 6.03 Å². The predicted molar refractivity (Wildman–Crippen MR) is 159 cm³/mol. The normalized spacial score (nSPS) is 14.3. The van der Waals surface area contributed by atoms with Crippen LogP contribution in [-0.4, -0.2) is 36.4 Å². The Labute approximate surface area is 244 Å². The number of fused-ring (bicyclic) bond motifs is 4. The van der Waals surface area contributed by atoms with Gasteiger partial charge in [-0.15, -0.1) is 0 Å². The van der Waals surface area contributed by atoms with Crippen molar-refractivity contribution < 1.29 is 33.0 Å². The van der Waals surface area contributed by atoms with Crippen molar-refractivity contribution in [3.8, 4) is 28.0 Å². The van der Waals surface area contributed by atoms with Gasteiger partial charge in [-0.1, -0.05) is 6.07 Å². The molecular weight excluding hydrogens is 544 g/mol. The highest BCUT2D eigenvalue weighted by molar-refractivity contribution is 6.04. The molecule has 0 aliphatic carbocycles. The van der Waals surface area contributed by atoms with Crippen molar-refractivity contribution >= 4 is 23.9 Å². The van der Waals surface area contributed by atoms with E-state index in [1.807, 2.05) is 60.6 Å². The molecule has 10 heteroatoms. The first-order valence-corrected chi connectivity index (χ1v) is 13.7. The number of amides is 2. The molecule has 0 fully saturated rings. The van der Waals surface area contributed by atoms with E-state index in [1.165, 1.54) is 4.90 Å². The Morgan fingerprint density at radius 2 is 1.71 bits per heavy atom. The number of ether oxygens (including phenoxy) is 2. The largest absolute Gasteiger partial charge is 0.490 e. The quantitative estimate of drug-likeness (QED) is 0.287. The van der Waals surface area contributed by atoms with Crippen molar-refractivity contribution in [3.63, 3.8) is 0 Å². The summed E-state index contributed by atoms with van der Waals surface area (Å²) in [5.41, 5.74) is 12.6. The van der Waals surface area contributed by atoms with Gasteiger partial charge in [0.1, 0.15) is 24.0 Å². The van der Waals surface area contributed by atoms with Gasteiger partial charge in [-0.2, -0.15) is 0 Å². The summed E-state index contributed by atoms with van der Waals surface area (Å²) in [5.74, 6) is -0.357. The molecule has 42 heavy (non-hydrogen) atoms. The smallest absolute Gasteiger partial charge is 0.319 e. The average Bonchev–Trinajstić information content (AvgIpc) is 2.91. The van der Waals surface area contributed by atoms with Crippen LogP contribution < -0.4 is 20.7 Å². The average molecular weight is 582 g/mol. The number of nitrogens with two attached hydrogens (primary N) is 1. The number of urea groups is 1. The number of carboxylic acid groups (broad SMARTS) is 1. The summed E-state index contributed by atoms with van der Waals surface area (Å²) >= 11 is 0. The lowest BCUT2D eigenvalue weighted by Crippen LogP contribution is -2.39. The van der Waals surface area contributed by atoms with E-state index in [0.717, 1.165) is 51.4 Å². The number of hydrogen-bond donors (Lipinski definition) is 3. The molecule has 2 aliphatic heterocycles. The number of rotatable bonds is 3. The Hall–Kier alpha value is -4.18. The molecule has 3 aromatic carbocycles. The zero-order valence-electron chi connectivity index (χ0n) is 24.9. The van der Waals surface area contributed by atoms with Crippen LogP contribution in [0.4, 0.5) is 25.0 Å². The number of nitrogens with zero attached hydrogens (tertiary/aromatic N) is 1. The fourth-order valence-corrected chi connectivity index (χ4v) is 6.17. The van der Waals surface area contributed by atoms with E-state index in [1.54, 1.807) is 0 Å². The maximum Gasteiger partial charge on any atom is 0.319 e. The van der Waals surface area contributed by atoms with Gasteiger partial charge in [0, 0.05) is 23.2 Å². The number of benzene rings is 3. The van der Waals surface area contributed by atoms with Gasteiger partial charge in [0.15, 0.2) is 0 Å². The molecule has 3 aromatic rings. The standard InChI is InChI=1S/C31H35F2N3O3.CH2O2/c1-15-19(8-11-23-28(15)35-12-13-38-23)25-16(2)26-27-20(21(32)9-10-22(27)33)14-36(30(34)37)29(26)17(3)24(25)18(4)39-31(5,6)7;2-1-3/h8-11,18,35H,12-14H2,1-7H3,(H2,34,37);1H,(H,2,3). The van der Waals surface area contributed by atoms with Crippen LogP contribution in [0.2, 0.25) is 0 Å². The fourth-order valence-electron chi connectivity index (χ4n) is 6.17. The molecule has 8 nitrogen and oxygen atoms in total. The monoisotopic (exact) mass is 581 g/mol. The van der Waals surface area contributed by atoms with Crippen molar-refractivity contribution in [2.24, 2.45) is 5.73 Å². The Morgan fingerprint density at radius 3 is 2.33 bits per heavy atom. The summed E-state index contributed by atoms with van der Waals surface area (Å²) in [5, 5.41) is 10.3.